The van der Waals surface area contributed by atoms with E-state index in [-0.39, 0.29) is 18.9 Å². The number of hydrogen-bond acceptors (Lipinski definition) is 2. The molecule has 0 saturated carbocycles. The molecule has 1 aromatic carbocycles. The highest BCUT2D eigenvalue weighted by atomic mass is 19.4. The van der Waals surface area contributed by atoms with Gasteiger partial charge < -0.3 is 10.6 Å². The first-order chi connectivity index (χ1) is 9.28. The minimum Gasteiger partial charge on any atom is -0.352 e. The number of hydrogen-bond donors (Lipinski definition) is 2. The lowest BCUT2D eigenvalue weighted by Crippen LogP contribution is -2.36. The Kier molecular flexibility index (Phi) is 5.54. The first-order valence-corrected chi connectivity index (χ1v) is 5.96. The van der Waals surface area contributed by atoms with E-state index in [0.29, 0.717) is 5.56 Å². The van der Waals surface area contributed by atoms with Gasteiger partial charge in [-0.2, -0.15) is 13.2 Å². The molecule has 0 aliphatic carbocycles. The Labute approximate surface area is 114 Å². The number of aryl methyl sites for hydroxylation is 1. The number of carbonyl (C=O) groups excluding carboxylic acids is 2. The van der Waals surface area contributed by atoms with Crippen molar-refractivity contribution in [1.29, 1.82) is 0 Å². The molecular formula is C13H15F3N2O2. The van der Waals surface area contributed by atoms with Crippen molar-refractivity contribution in [2.45, 2.75) is 19.5 Å². The summed E-state index contributed by atoms with van der Waals surface area (Å²) in [6.07, 6.45) is -4.63. The van der Waals surface area contributed by atoms with Gasteiger partial charge in [-0.1, -0.05) is 17.7 Å². The summed E-state index contributed by atoms with van der Waals surface area (Å²) in [6, 6.07) is 6.85. The highest BCUT2D eigenvalue weighted by molar-refractivity contribution is 5.94. The Morgan fingerprint density at radius 1 is 1.20 bits per heavy atom. The van der Waals surface area contributed by atoms with Crippen LogP contribution in [0.3, 0.4) is 0 Å². The normalized spacial score (nSPS) is 11.0. The molecule has 0 unspecified atom stereocenters. The van der Waals surface area contributed by atoms with Crippen LogP contribution in [0.4, 0.5) is 13.2 Å². The fraction of sp³-hybridized carbons (Fsp3) is 0.385. The van der Waals surface area contributed by atoms with Crippen LogP contribution in [0.5, 0.6) is 0 Å². The van der Waals surface area contributed by atoms with Crippen molar-refractivity contribution in [1.82, 2.24) is 10.6 Å². The van der Waals surface area contributed by atoms with Gasteiger partial charge in [0, 0.05) is 18.5 Å². The highest BCUT2D eigenvalue weighted by Crippen LogP contribution is 2.12. The van der Waals surface area contributed by atoms with Crippen molar-refractivity contribution in [2.24, 2.45) is 0 Å². The maximum Gasteiger partial charge on any atom is 0.405 e. The standard InChI is InChI=1S/C13H15F3N2O2/c1-9-3-2-4-10(7-9)12(20)17-6-5-11(19)18-8-13(14,15)16/h2-4,7H,5-6,8H2,1H3,(H,17,20)(H,18,19). The molecule has 0 spiro atoms. The summed E-state index contributed by atoms with van der Waals surface area (Å²) in [7, 11) is 0. The molecule has 20 heavy (non-hydrogen) atoms. The van der Waals surface area contributed by atoms with Gasteiger partial charge >= 0.3 is 6.18 Å². The number of rotatable bonds is 5. The predicted molar refractivity (Wildman–Crippen MR) is 67.2 cm³/mol. The molecule has 2 amide bonds. The van der Waals surface area contributed by atoms with Gasteiger partial charge in [0.05, 0.1) is 0 Å². The summed E-state index contributed by atoms with van der Waals surface area (Å²) in [4.78, 5) is 22.8. The van der Waals surface area contributed by atoms with Gasteiger partial charge in [-0.15, -0.1) is 0 Å². The second-order valence-corrected chi connectivity index (χ2v) is 4.27. The lowest BCUT2D eigenvalue weighted by Gasteiger charge is -2.09. The van der Waals surface area contributed by atoms with E-state index in [9.17, 15) is 22.8 Å². The molecule has 7 heteroatoms. The van der Waals surface area contributed by atoms with E-state index >= 15 is 0 Å². The van der Waals surface area contributed by atoms with Gasteiger partial charge in [0.1, 0.15) is 6.54 Å². The monoisotopic (exact) mass is 288 g/mol. The minimum absolute atomic E-state index is 0.0174. The highest BCUT2D eigenvalue weighted by Gasteiger charge is 2.27. The smallest absolute Gasteiger partial charge is 0.352 e. The Balaban J connectivity index is 2.30. The van der Waals surface area contributed by atoms with Crippen LogP contribution in [0.15, 0.2) is 24.3 Å². The molecule has 0 radical (unpaired) electrons. The summed E-state index contributed by atoms with van der Waals surface area (Å²) in [5.41, 5.74) is 1.36. The fourth-order valence-corrected chi connectivity index (χ4v) is 1.47. The zero-order valence-electron chi connectivity index (χ0n) is 10.9. The molecule has 0 saturated heterocycles. The van der Waals surface area contributed by atoms with Gasteiger partial charge in [-0.25, -0.2) is 0 Å². The summed E-state index contributed by atoms with van der Waals surface area (Å²) in [5, 5.41) is 4.20. The lowest BCUT2D eigenvalue weighted by atomic mass is 10.1. The van der Waals surface area contributed by atoms with Gasteiger partial charge in [0.2, 0.25) is 5.91 Å². The van der Waals surface area contributed by atoms with Crippen LogP contribution in [0, 0.1) is 6.92 Å². The van der Waals surface area contributed by atoms with Crippen LogP contribution >= 0.6 is 0 Å². The Bertz CT molecular complexity index is 487. The third-order valence-corrected chi connectivity index (χ3v) is 2.40. The third-order valence-electron chi connectivity index (χ3n) is 2.40. The molecule has 4 nitrogen and oxygen atoms in total. The Morgan fingerprint density at radius 2 is 1.90 bits per heavy atom. The molecule has 0 fully saturated rings. The summed E-state index contributed by atoms with van der Waals surface area (Å²) in [6.45, 7) is 0.454. The molecule has 0 bridgehead atoms. The van der Waals surface area contributed by atoms with Crippen molar-refractivity contribution in [3.8, 4) is 0 Å². The molecule has 0 aromatic heterocycles. The van der Waals surface area contributed by atoms with Crippen LogP contribution in [0.25, 0.3) is 0 Å². The van der Waals surface area contributed by atoms with E-state index in [1.165, 1.54) is 0 Å². The van der Waals surface area contributed by atoms with E-state index in [4.69, 9.17) is 0 Å². The Hall–Kier alpha value is -2.05. The van der Waals surface area contributed by atoms with Crippen molar-refractivity contribution in [3.05, 3.63) is 35.4 Å². The zero-order valence-corrected chi connectivity index (χ0v) is 10.9. The molecule has 110 valence electrons. The first-order valence-electron chi connectivity index (χ1n) is 5.96. The molecule has 2 N–H and O–H groups in total. The number of halogens is 3. The number of amides is 2. The second kappa shape index (κ2) is 6.93. The SMILES string of the molecule is Cc1cccc(C(=O)NCCC(=O)NCC(F)(F)F)c1. The molecule has 1 aromatic rings. The molecule has 0 atom stereocenters. The topological polar surface area (TPSA) is 58.2 Å². The molecule has 0 aliphatic rings. The van der Waals surface area contributed by atoms with Crippen molar-refractivity contribution in [3.63, 3.8) is 0 Å². The van der Waals surface area contributed by atoms with Crippen LogP contribution in [0.2, 0.25) is 0 Å². The third kappa shape index (κ3) is 6.21. The summed E-state index contributed by atoms with van der Waals surface area (Å²) >= 11 is 0. The average Bonchev–Trinajstić information content (AvgIpc) is 2.35. The molecule has 0 heterocycles. The largest absolute Gasteiger partial charge is 0.405 e. The molecular weight excluding hydrogens is 273 g/mol. The van der Waals surface area contributed by atoms with Crippen LogP contribution in [-0.2, 0) is 4.79 Å². The first kappa shape index (κ1) is 16.0. The number of alkyl halides is 3. The summed E-state index contributed by atoms with van der Waals surface area (Å²) in [5.74, 6) is -1.12. The maximum atomic E-state index is 11.8. The second-order valence-electron chi connectivity index (χ2n) is 4.27. The van der Waals surface area contributed by atoms with Crippen molar-refractivity contribution >= 4 is 11.8 Å². The van der Waals surface area contributed by atoms with Crippen LogP contribution in [-0.4, -0.2) is 31.1 Å². The lowest BCUT2D eigenvalue weighted by molar-refractivity contribution is -0.138. The minimum atomic E-state index is -4.43. The number of benzene rings is 1. The number of nitrogens with one attached hydrogen (secondary N) is 2. The molecule has 1 rings (SSSR count). The maximum absolute atomic E-state index is 11.8. The van der Waals surface area contributed by atoms with E-state index in [2.05, 4.69) is 5.32 Å². The van der Waals surface area contributed by atoms with E-state index in [1.54, 1.807) is 23.5 Å². The van der Waals surface area contributed by atoms with Gasteiger partial charge in [0.15, 0.2) is 0 Å². The van der Waals surface area contributed by atoms with Gasteiger partial charge in [0.25, 0.3) is 5.91 Å². The van der Waals surface area contributed by atoms with Gasteiger partial charge in [-0.05, 0) is 19.1 Å². The molecule has 0 aliphatic heterocycles. The predicted octanol–water partition coefficient (Wildman–Crippen LogP) is 1.79. The fourth-order valence-electron chi connectivity index (χ4n) is 1.47. The van der Waals surface area contributed by atoms with Crippen LogP contribution in [0.1, 0.15) is 22.3 Å². The van der Waals surface area contributed by atoms with E-state index in [1.807, 2.05) is 13.0 Å². The van der Waals surface area contributed by atoms with Gasteiger partial charge in [-0.3, -0.25) is 9.59 Å². The average molecular weight is 288 g/mol. The van der Waals surface area contributed by atoms with E-state index < -0.39 is 18.6 Å². The Morgan fingerprint density at radius 3 is 2.50 bits per heavy atom. The zero-order chi connectivity index (χ0) is 15.2. The quantitative estimate of drug-likeness (QED) is 0.868. The van der Waals surface area contributed by atoms with Crippen molar-refractivity contribution < 1.29 is 22.8 Å². The van der Waals surface area contributed by atoms with Crippen LogP contribution < -0.4 is 10.6 Å². The number of carbonyl (C=O) groups is 2. The van der Waals surface area contributed by atoms with E-state index in [0.717, 1.165) is 5.56 Å². The van der Waals surface area contributed by atoms with Crippen molar-refractivity contribution in [2.75, 3.05) is 13.1 Å². The summed E-state index contributed by atoms with van der Waals surface area (Å²) < 4.78 is 35.5.